The van der Waals surface area contributed by atoms with E-state index < -0.39 is 11.8 Å². The zero-order valence-corrected chi connectivity index (χ0v) is 19.3. The first-order chi connectivity index (χ1) is 15.5. The normalized spacial score (nSPS) is 14.6. The average molecular weight is 514 g/mol. The minimum atomic E-state index is -0.483. The summed E-state index contributed by atoms with van der Waals surface area (Å²) in [4.78, 5) is 25.3. The van der Waals surface area contributed by atoms with Crippen LogP contribution in [0.4, 0.5) is 5.69 Å². The minimum absolute atomic E-state index is 0.0151. The van der Waals surface area contributed by atoms with Gasteiger partial charge in [-0.05, 0) is 42.0 Å². The Morgan fingerprint density at radius 2 is 1.75 bits per heavy atom. The van der Waals surface area contributed by atoms with Gasteiger partial charge in [-0.2, -0.15) is 0 Å². The smallest absolute Gasteiger partial charge is 0.282 e. The molecule has 1 saturated heterocycles. The van der Waals surface area contributed by atoms with Gasteiger partial charge in [0, 0.05) is 15.1 Å². The lowest BCUT2D eigenvalue weighted by Crippen LogP contribution is -2.35. The highest BCUT2D eigenvalue weighted by Crippen LogP contribution is 2.36. The van der Waals surface area contributed by atoms with Crippen molar-refractivity contribution in [2.75, 3.05) is 12.1 Å². The van der Waals surface area contributed by atoms with Gasteiger partial charge in [-0.1, -0.05) is 63.9 Å². The molecule has 6 nitrogen and oxygen atoms in total. The van der Waals surface area contributed by atoms with Crippen molar-refractivity contribution >= 4 is 51.1 Å². The SMILES string of the molecule is COc1cc(/C=C2/C(=O)NN(c3ccccc3)C2=O)c(Br)cc1OCc1ccccc1Cl. The van der Waals surface area contributed by atoms with Crippen LogP contribution in [-0.4, -0.2) is 18.9 Å². The molecule has 2 amide bonds. The van der Waals surface area contributed by atoms with Crippen LogP contribution >= 0.6 is 27.5 Å². The third-order valence-corrected chi connectivity index (χ3v) is 5.89. The second-order valence-corrected chi connectivity index (χ2v) is 8.14. The predicted octanol–water partition coefficient (Wildman–Crippen LogP) is 5.15. The standard InChI is InChI=1S/C24H18BrClN2O4/c1-31-21-12-16(19(25)13-22(21)32-14-15-7-5-6-10-20(15)26)11-18-23(29)27-28(24(18)30)17-8-3-2-4-9-17/h2-13H,14H2,1H3,(H,27,29)/b18-11-. The third-order valence-electron chi connectivity index (χ3n) is 4.83. The molecule has 1 heterocycles. The Hall–Kier alpha value is -3.29. The molecular formula is C24H18BrClN2O4. The molecule has 1 aliphatic heterocycles. The lowest BCUT2D eigenvalue weighted by Gasteiger charge is -2.14. The summed E-state index contributed by atoms with van der Waals surface area (Å²) < 4.78 is 12.0. The molecule has 162 valence electrons. The number of halogens is 2. The number of ether oxygens (including phenoxy) is 2. The second-order valence-electron chi connectivity index (χ2n) is 6.88. The van der Waals surface area contributed by atoms with Gasteiger partial charge in [-0.3, -0.25) is 15.0 Å². The van der Waals surface area contributed by atoms with E-state index in [4.69, 9.17) is 21.1 Å². The van der Waals surface area contributed by atoms with Crippen molar-refractivity contribution in [3.63, 3.8) is 0 Å². The number of nitrogens with one attached hydrogen (secondary N) is 1. The topological polar surface area (TPSA) is 67.9 Å². The van der Waals surface area contributed by atoms with Crippen LogP contribution < -0.4 is 19.9 Å². The molecule has 8 heteroatoms. The first-order valence-electron chi connectivity index (χ1n) is 9.64. The molecule has 0 radical (unpaired) electrons. The van der Waals surface area contributed by atoms with E-state index in [-0.39, 0.29) is 12.2 Å². The van der Waals surface area contributed by atoms with Crippen molar-refractivity contribution in [1.29, 1.82) is 0 Å². The van der Waals surface area contributed by atoms with Crippen LogP contribution in [0.25, 0.3) is 6.08 Å². The van der Waals surface area contributed by atoms with E-state index in [1.54, 1.807) is 42.5 Å². The van der Waals surface area contributed by atoms with Crippen molar-refractivity contribution in [1.82, 2.24) is 5.43 Å². The monoisotopic (exact) mass is 512 g/mol. The highest BCUT2D eigenvalue weighted by atomic mass is 79.9. The quantitative estimate of drug-likeness (QED) is 0.366. The highest BCUT2D eigenvalue weighted by Gasteiger charge is 2.34. The number of nitrogens with zero attached hydrogens (tertiary/aromatic N) is 1. The van der Waals surface area contributed by atoms with Crippen molar-refractivity contribution in [2.45, 2.75) is 6.61 Å². The number of hydrazine groups is 1. The van der Waals surface area contributed by atoms with Crippen molar-refractivity contribution in [3.05, 3.63) is 92.9 Å². The lowest BCUT2D eigenvalue weighted by atomic mass is 10.1. The molecule has 0 aromatic heterocycles. The van der Waals surface area contributed by atoms with E-state index in [9.17, 15) is 9.59 Å². The van der Waals surface area contributed by atoms with Crippen LogP contribution in [0, 0.1) is 0 Å². The molecule has 0 spiro atoms. The number of para-hydroxylation sites is 1. The Balaban J connectivity index is 1.60. The number of methoxy groups -OCH3 is 1. The summed E-state index contributed by atoms with van der Waals surface area (Å²) >= 11 is 9.69. The van der Waals surface area contributed by atoms with Crippen LogP contribution in [0.1, 0.15) is 11.1 Å². The zero-order chi connectivity index (χ0) is 22.7. The Bertz CT molecular complexity index is 1210. The second kappa shape index (κ2) is 9.46. The maximum Gasteiger partial charge on any atom is 0.282 e. The molecule has 3 aromatic carbocycles. The van der Waals surface area contributed by atoms with Crippen LogP contribution in [0.5, 0.6) is 11.5 Å². The first kappa shape index (κ1) is 21.9. The summed E-state index contributed by atoms with van der Waals surface area (Å²) in [6, 6.07) is 19.7. The predicted molar refractivity (Wildman–Crippen MR) is 127 cm³/mol. The molecular weight excluding hydrogens is 496 g/mol. The van der Waals surface area contributed by atoms with Crippen LogP contribution in [0.15, 0.2) is 76.8 Å². The number of carbonyl (C=O) groups excluding carboxylic acids is 2. The van der Waals surface area contributed by atoms with E-state index >= 15 is 0 Å². The van der Waals surface area contributed by atoms with Crippen LogP contribution in [0.2, 0.25) is 5.02 Å². The summed E-state index contributed by atoms with van der Waals surface area (Å²) in [5, 5.41) is 1.83. The zero-order valence-electron chi connectivity index (χ0n) is 17.0. The fourth-order valence-corrected chi connectivity index (χ4v) is 3.80. The number of anilines is 1. The maximum atomic E-state index is 12.8. The van der Waals surface area contributed by atoms with E-state index in [1.807, 2.05) is 24.3 Å². The van der Waals surface area contributed by atoms with E-state index in [0.29, 0.717) is 32.2 Å². The number of hydrogen-bond donors (Lipinski definition) is 1. The molecule has 1 N–H and O–H groups in total. The molecule has 0 bridgehead atoms. The van der Waals surface area contributed by atoms with Gasteiger partial charge in [-0.25, -0.2) is 5.01 Å². The number of benzene rings is 3. The number of amides is 2. The minimum Gasteiger partial charge on any atom is -0.493 e. The average Bonchev–Trinajstić information content (AvgIpc) is 3.08. The molecule has 0 unspecified atom stereocenters. The van der Waals surface area contributed by atoms with E-state index in [1.165, 1.54) is 18.2 Å². The first-order valence-corrected chi connectivity index (χ1v) is 10.8. The molecule has 3 aromatic rings. The Labute approximate surface area is 198 Å². The molecule has 0 atom stereocenters. The Morgan fingerprint density at radius 1 is 1.03 bits per heavy atom. The number of rotatable bonds is 6. The van der Waals surface area contributed by atoms with Crippen molar-refractivity contribution in [3.8, 4) is 11.5 Å². The van der Waals surface area contributed by atoms with Crippen LogP contribution in [-0.2, 0) is 16.2 Å². The lowest BCUT2D eigenvalue weighted by molar-refractivity contribution is -0.117. The largest absolute Gasteiger partial charge is 0.493 e. The molecule has 0 aliphatic carbocycles. The Kier molecular flexibility index (Phi) is 6.48. The summed E-state index contributed by atoms with van der Waals surface area (Å²) in [7, 11) is 1.52. The van der Waals surface area contributed by atoms with Crippen molar-refractivity contribution in [2.24, 2.45) is 0 Å². The number of hydrogen-bond acceptors (Lipinski definition) is 4. The summed E-state index contributed by atoms with van der Waals surface area (Å²) in [6.07, 6.45) is 1.52. The van der Waals surface area contributed by atoms with Gasteiger partial charge in [0.15, 0.2) is 11.5 Å². The molecule has 4 rings (SSSR count). The fraction of sp³-hybridized carbons (Fsp3) is 0.0833. The van der Waals surface area contributed by atoms with Crippen molar-refractivity contribution < 1.29 is 19.1 Å². The van der Waals surface area contributed by atoms with E-state index in [0.717, 1.165) is 5.56 Å². The molecule has 0 saturated carbocycles. The fourth-order valence-electron chi connectivity index (χ4n) is 3.18. The molecule has 32 heavy (non-hydrogen) atoms. The van der Waals surface area contributed by atoms with Gasteiger partial charge >= 0.3 is 0 Å². The number of carbonyl (C=O) groups is 2. The van der Waals surface area contributed by atoms with Gasteiger partial charge in [0.1, 0.15) is 12.2 Å². The van der Waals surface area contributed by atoms with Crippen LogP contribution in [0.3, 0.4) is 0 Å². The summed E-state index contributed by atoms with van der Waals surface area (Å²) in [6.45, 7) is 0.260. The summed E-state index contributed by atoms with van der Waals surface area (Å²) in [5.74, 6) is 0.0299. The van der Waals surface area contributed by atoms with Gasteiger partial charge < -0.3 is 9.47 Å². The third kappa shape index (κ3) is 4.49. The van der Waals surface area contributed by atoms with Gasteiger partial charge in [0.05, 0.1) is 12.8 Å². The Morgan fingerprint density at radius 3 is 2.47 bits per heavy atom. The van der Waals surface area contributed by atoms with Gasteiger partial charge in [0.25, 0.3) is 11.8 Å². The van der Waals surface area contributed by atoms with Gasteiger partial charge in [0.2, 0.25) is 0 Å². The molecule has 1 fully saturated rings. The van der Waals surface area contributed by atoms with Gasteiger partial charge in [-0.15, -0.1) is 0 Å². The maximum absolute atomic E-state index is 12.8. The van der Waals surface area contributed by atoms with E-state index in [2.05, 4.69) is 21.4 Å². The molecule has 1 aliphatic rings. The summed E-state index contributed by atoms with van der Waals surface area (Å²) in [5.41, 5.74) is 4.62. The highest BCUT2D eigenvalue weighted by molar-refractivity contribution is 9.10.